The third kappa shape index (κ3) is 10.6. The maximum absolute atomic E-state index is 13.2. The normalized spacial score (nSPS) is 19.6. The van der Waals surface area contributed by atoms with E-state index in [2.05, 4.69) is 114 Å². The molecule has 3 atom stereocenters. The second kappa shape index (κ2) is 22.1. The summed E-state index contributed by atoms with van der Waals surface area (Å²) in [5, 5.41) is 45.1. The van der Waals surface area contributed by atoms with E-state index in [4.69, 9.17) is 14.7 Å². The highest BCUT2D eigenvalue weighted by atomic mass is 16.5. The summed E-state index contributed by atoms with van der Waals surface area (Å²) >= 11 is 0. The molecule has 3 N–H and O–H groups in total. The molecule has 4 aliphatic heterocycles. The molecule has 0 radical (unpaired) electrons. The second-order valence-corrected chi connectivity index (χ2v) is 20.5. The molecule has 4 aliphatic rings. The number of ether oxygens (including phenoxy) is 1. The number of nitriles is 1. The fourth-order valence-electron chi connectivity index (χ4n) is 11.4. The van der Waals surface area contributed by atoms with Crippen molar-refractivity contribution in [1.82, 2.24) is 49.6 Å². The smallest absolute Gasteiger partial charge is 0.318 e. The number of likely N-dealkylation sites (N-methyl/N-ethyl adjacent to an activating group) is 1. The molecule has 3 saturated heterocycles. The van der Waals surface area contributed by atoms with Crippen molar-refractivity contribution in [3.8, 4) is 40.7 Å². The van der Waals surface area contributed by atoms with Crippen LogP contribution in [0.15, 0.2) is 91.5 Å². The number of anilines is 2. The van der Waals surface area contributed by atoms with Crippen molar-refractivity contribution in [2.24, 2.45) is 0 Å². The van der Waals surface area contributed by atoms with Crippen molar-refractivity contribution in [2.75, 3.05) is 88.9 Å². The van der Waals surface area contributed by atoms with E-state index < -0.39 is 0 Å². The van der Waals surface area contributed by atoms with Gasteiger partial charge >= 0.3 is 6.01 Å². The summed E-state index contributed by atoms with van der Waals surface area (Å²) in [5.74, 6) is 0.505. The predicted octanol–water partition coefficient (Wildman–Crippen LogP) is 6.11. The number of fused-ring (bicyclic) bond motifs is 2. The van der Waals surface area contributed by atoms with E-state index in [1.165, 1.54) is 28.6 Å². The first-order valence-corrected chi connectivity index (χ1v) is 26.3. The van der Waals surface area contributed by atoms with Crippen molar-refractivity contribution in [3.63, 3.8) is 0 Å². The highest BCUT2D eigenvalue weighted by Crippen LogP contribution is 2.39. The largest absolute Gasteiger partial charge is 0.508 e. The molecule has 18 heteroatoms. The molecule has 0 unspecified atom stereocenters. The molecule has 2 aromatic heterocycles. The van der Waals surface area contributed by atoms with E-state index in [0.29, 0.717) is 74.0 Å². The number of carbonyl (C=O) groups excluding carboxylic acids is 2. The van der Waals surface area contributed by atoms with Gasteiger partial charge in [0.1, 0.15) is 23.9 Å². The average molecular weight is 1010 g/mol. The van der Waals surface area contributed by atoms with Crippen LogP contribution in [0.5, 0.6) is 17.5 Å². The summed E-state index contributed by atoms with van der Waals surface area (Å²) in [5.41, 5.74) is 6.03. The van der Waals surface area contributed by atoms with Crippen molar-refractivity contribution in [3.05, 3.63) is 120 Å². The lowest BCUT2D eigenvalue weighted by molar-refractivity contribution is -0.128. The summed E-state index contributed by atoms with van der Waals surface area (Å²) < 4.78 is 8.30. The Hall–Kier alpha value is -7.59. The second-order valence-electron chi connectivity index (χ2n) is 20.5. The molecule has 0 bridgehead atoms. The molecule has 2 amide bonds. The molecule has 75 heavy (non-hydrogen) atoms. The van der Waals surface area contributed by atoms with Gasteiger partial charge in [-0.2, -0.15) is 15.2 Å². The Morgan fingerprint density at radius 3 is 2.45 bits per heavy atom. The van der Waals surface area contributed by atoms with Crippen molar-refractivity contribution >= 4 is 34.1 Å². The quantitative estimate of drug-likeness (QED) is 0.0997. The molecule has 6 aromatic rings. The Morgan fingerprint density at radius 1 is 0.907 bits per heavy atom. The van der Waals surface area contributed by atoms with Gasteiger partial charge in [-0.1, -0.05) is 69.0 Å². The maximum atomic E-state index is 13.2. The van der Waals surface area contributed by atoms with Crippen LogP contribution in [0.1, 0.15) is 72.5 Å². The first-order valence-electron chi connectivity index (χ1n) is 26.3. The lowest BCUT2D eigenvalue weighted by atomic mass is 9.98. The Balaban J connectivity index is 0.796. The zero-order valence-corrected chi connectivity index (χ0v) is 43.4. The zero-order chi connectivity index (χ0) is 52.3. The molecule has 3 fully saturated rings. The number of benzene rings is 4. The van der Waals surface area contributed by atoms with Gasteiger partial charge in [0, 0.05) is 112 Å². The number of nitrogens with one attached hydrogen (secondary N) is 1. The van der Waals surface area contributed by atoms with Crippen LogP contribution in [0.2, 0.25) is 0 Å². The molecule has 18 nitrogen and oxygen atoms in total. The number of aromatic hydroxyl groups is 2. The van der Waals surface area contributed by atoms with E-state index in [9.17, 15) is 25.1 Å². The van der Waals surface area contributed by atoms with E-state index in [1.54, 1.807) is 15.5 Å². The number of aromatic nitrogens is 5. The highest BCUT2D eigenvalue weighted by Gasteiger charge is 2.37. The first-order chi connectivity index (χ1) is 36.4. The van der Waals surface area contributed by atoms with Gasteiger partial charge in [0.05, 0.1) is 36.3 Å². The fraction of sp³-hybridized carbons (Fsp3) is 0.421. The Morgan fingerprint density at radius 2 is 1.69 bits per heavy atom. The molecule has 4 aromatic carbocycles. The molecule has 6 heterocycles. The fourth-order valence-corrected chi connectivity index (χ4v) is 11.4. The molecular weight excluding hydrogens is 947 g/mol. The molecule has 390 valence electrons. The number of phenols is 2. The Labute approximate surface area is 438 Å². The topological polar surface area (TPSA) is 196 Å². The number of piperazine rings is 2. The van der Waals surface area contributed by atoms with Crippen molar-refractivity contribution < 1.29 is 24.5 Å². The van der Waals surface area contributed by atoms with Gasteiger partial charge in [-0.3, -0.25) is 28.9 Å². The number of hydrogen-bond acceptors (Lipinski definition) is 15. The van der Waals surface area contributed by atoms with Gasteiger partial charge in [-0.15, -0.1) is 10.2 Å². The number of rotatable bonds is 15. The third-order valence-corrected chi connectivity index (χ3v) is 15.5. The SMILES string of the molecule is C=CC(=O)N1CCN(c2nc(OC[C@@H]3C[C@H](N4CCN(Cc5ccc(-n6c(C(=O)NCC)nnc6-c6cc(C(C)C)c(O)cc6O)cc5)CC4)CN3C)nc3c2CCN(c2cccc4ccccc24)C3)C[C@@H]1CC#N. The van der Waals surface area contributed by atoms with Crippen LogP contribution in [0.3, 0.4) is 0 Å². The van der Waals surface area contributed by atoms with Gasteiger partial charge in [0.25, 0.3) is 5.91 Å². The van der Waals surface area contributed by atoms with Crippen LogP contribution < -0.4 is 19.9 Å². The monoisotopic (exact) mass is 1010 g/mol. The molecular formula is C57H67N13O5. The van der Waals surface area contributed by atoms with Crippen molar-refractivity contribution in [1.29, 1.82) is 5.26 Å². The molecule has 0 saturated carbocycles. The van der Waals surface area contributed by atoms with E-state index in [0.717, 1.165) is 81.3 Å². The maximum Gasteiger partial charge on any atom is 0.318 e. The van der Waals surface area contributed by atoms with Crippen LogP contribution in [0.25, 0.3) is 27.8 Å². The standard InChI is InChI=1S/C57H67N13O5/c1-6-52(73)69-28-27-68(34-41(69)19-21-58)53-45-20-22-67(49-14-10-12-39-11-8-9-13-44(39)49)35-48(45)60-57(61-53)75-36-43-29-42(33-64(43)5)66-25-23-65(24-26-66)32-38-15-17-40(18-16-38)70-54(62-63-55(70)56(74)59-7-2)47-30-46(37(3)4)50(71)31-51(47)72/h6,8-18,30-31,37,41-43,71-72H,1,7,19-20,22-29,32-36H2,2-5H3,(H,59,74)/t41-,42-,43-/m0/s1. The number of nitrogens with zero attached hydrogens (tertiary/aromatic N) is 12. The van der Waals surface area contributed by atoms with Crippen molar-refractivity contribution in [2.45, 2.75) is 77.2 Å². The summed E-state index contributed by atoms with van der Waals surface area (Å²) in [4.78, 5) is 50.2. The van der Waals surface area contributed by atoms with Gasteiger partial charge in [0.2, 0.25) is 11.7 Å². The van der Waals surface area contributed by atoms with E-state index in [1.807, 2.05) is 32.9 Å². The lowest BCUT2D eigenvalue weighted by Crippen LogP contribution is -2.55. The summed E-state index contributed by atoms with van der Waals surface area (Å²) in [6.45, 7) is 18.7. The number of phenolic OH excluding ortho intramolecular Hbond substituents is 2. The Bertz CT molecular complexity index is 3100. The van der Waals surface area contributed by atoms with Gasteiger partial charge < -0.3 is 35.0 Å². The van der Waals surface area contributed by atoms with Crippen LogP contribution in [-0.4, -0.2) is 164 Å². The minimum atomic E-state index is -0.381. The van der Waals surface area contributed by atoms with Gasteiger partial charge in [-0.25, -0.2) is 0 Å². The summed E-state index contributed by atoms with van der Waals surface area (Å²) in [7, 11) is 2.17. The Kier molecular flexibility index (Phi) is 15.0. The summed E-state index contributed by atoms with van der Waals surface area (Å²) in [6.07, 6.45) is 3.25. The number of carbonyl (C=O) groups is 2. The predicted molar refractivity (Wildman–Crippen MR) is 288 cm³/mol. The van der Waals surface area contributed by atoms with Crippen LogP contribution in [-0.2, 0) is 24.3 Å². The van der Waals surface area contributed by atoms with Crippen LogP contribution in [0.4, 0.5) is 11.5 Å². The summed E-state index contributed by atoms with van der Waals surface area (Å²) in [6, 6.07) is 28.9. The van der Waals surface area contributed by atoms with Gasteiger partial charge in [-0.05, 0) is 79.6 Å². The van der Waals surface area contributed by atoms with Gasteiger partial charge in [0.15, 0.2) is 5.82 Å². The van der Waals surface area contributed by atoms with Crippen LogP contribution in [0, 0.1) is 11.3 Å². The number of hydrogen-bond donors (Lipinski definition) is 3. The first kappa shape index (κ1) is 50.9. The molecule has 10 rings (SSSR count). The minimum absolute atomic E-state index is 0.00529. The number of likely N-dealkylation sites (tertiary alicyclic amines) is 1. The average Bonchev–Trinajstić information content (AvgIpc) is 4.04. The number of amides is 2. The minimum Gasteiger partial charge on any atom is -0.508 e. The van der Waals surface area contributed by atoms with Crippen LogP contribution >= 0.6 is 0 Å². The molecule has 0 aliphatic carbocycles. The highest BCUT2D eigenvalue weighted by molar-refractivity contribution is 5.94. The lowest BCUT2D eigenvalue weighted by Gasteiger charge is -2.42. The molecule has 0 spiro atoms. The zero-order valence-electron chi connectivity index (χ0n) is 43.4. The van der Waals surface area contributed by atoms with E-state index >= 15 is 0 Å². The third-order valence-electron chi connectivity index (χ3n) is 15.5. The van der Waals surface area contributed by atoms with E-state index in [-0.39, 0.29) is 53.6 Å².